The second kappa shape index (κ2) is 2.61. The van der Waals surface area contributed by atoms with Crippen LogP contribution in [-0.4, -0.2) is 5.97 Å². The molecule has 0 saturated heterocycles. The van der Waals surface area contributed by atoms with Crippen LogP contribution in [0, 0.1) is 5.41 Å². The van der Waals surface area contributed by atoms with Gasteiger partial charge < -0.3 is 0 Å². The van der Waals surface area contributed by atoms with Crippen LogP contribution in [0.3, 0.4) is 0 Å². The quantitative estimate of drug-likeness (QED) is 0.555. The molecule has 3 heteroatoms. The fourth-order valence-electron chi connectivity index (χ4n) is 0.0968. The third kappa shape index (κ3) is 2.44. The van der Waals surface area contributed by atoms with E-state index in [1.807, 2.05) is 0 Å². The zero-order valence-electron chi connectivity index (χ0n) is 5.13. The van der Waals surface area contributed by atoms with Crippen molar-refractivity contribution in [1.29, 1.82) is 0 Å². The molecule has 0 aromatic rings. The molecule has 51 valence electrons. The van der Waals surface area contributed by atoms with Gasteiger partial charge in [-0.2, -0.15) is 0 Å². The van der Waals surface area contributed by atoms with Gasteiger partial charge in [-0.3, -0.25) is 0 Å². The summed E-state index contributed by atoms with van der Waals surface area (Å²) in [4.78, 5) is 10.6. The molecule has 0 radical (unpaired) electrons. The van der Waals surface area contributed by atoms with E-state index >= 15 is 0 Å². The van der Waals surface area contributed by atoms with Gasteiger partial charge in [0.1, 0.15) is 0 Å². The van der Waals surface area contributed by atoms with Gasteiger partial charge in [0.15, 0.2) is 0 Å². The number of carbonyl (C=O) groups is 1. The Morgan fingerprint density at radius 3 is 1.88 bits per heavy atom. The van der Waals surface area contributed by atoms with Crippen molar-refractivity contribution in [1.82, 2.24) is 0 Å². The van der Waals surface area contributed by atoms with Gasteiger partial charge in [-0.25, -0.2) is 0 Å². The minimum atomic E-state index is -0.390. The first-order valence-electron chi connectivity index (χ1n) is 2.29. The molecule has 8 heavy (non-hydrogen) atoms. The Balaban J connectivity index is 3.82. The van der Waals surface area contributed by atoms with Gasteiger partial charge in [-0.15, -0.1) is 0 Å². The van der Waals surface area contributed by atoms with Crippen molar-refractivity contribution in [3.05, 3.63) is 0 Å². The molecule has 0 atom stereocenters. The van der Waals surface area contributed by atoms with E-state index in [1.54, 1.807) is 20.8 Å². The molecule has 0 fully saturated rings. The average Bonchev–Trinajstić information content (AvgIpc) is 1.62. The predicted molar refractivity (Wildman–Crippen MR) is 25.5 cm³/mol. The van der Waals surface area contributed by atoms with Crippen molar-refractivity contribution in [3.63, 3.8) is 0 Å². The molecule has 0 N–H and O–H groups in total. The van der Waals surface area contributed by atoms with Gasteiger partial charge in [0, 0.05) is 0 Å². The summed E-state index contributed by atoms with van der Waals surface area (Å²) < 4.78 is 4.33. The first-order chi connectivity index (χ1) is 3.48. The van der Waals surface area contributed by atoms with Gasteiger partial charge in [-0.05, 0) is 0 Å². The number of carbonyl (C=O) groups excluding carboxylic acids is 1. The molecule has 0 amide bonds. The normalized spacial score (nSPS) is 11.1. The van der Waals surface area contributed by atoms with E-state index in [0.29, 0.717) is 0 Å². The van der Waals surface area contributed by atoms with Crippen molar-refractivity contribution < 1.29 is 27.8 Å². The monoisotopic (exact) mass is 207 g/mol. The van der Waals surface area contributed by atoms with Gasteiger partial charge >= 0.3 is 60.0 Å². The molecule has 0 aromatic heterocycles. The molecule has 0 rings (SSSR count). The van der Waals surface area contributed by atoms with Gasteiger partial charge in [-0.1, -0.05) is 0 Å². The summed E-state index contributed by atoms with van der Waals surface area (Å²) in [6.07, 6.45) is 0. The van der Waals surface area contributed by atoms with E-state index in [0.717, 1.165) is 0 Å². The number of rotatable bonds is 0. The van der Waals surface area contributed by atoms with Gasteiger partial charge in [0.05, 0.1) is 0 Å². The van der Waals surface area contributed by atoms with E-state index in [-0.39, 0.29) is 11.4 Å². The molecular weight excluding hydrogens is 198 g/mol. The molecule has 0 aliphatic rings. The first-order valence-corrected chi connectivity index (χ1v) is 2.92. The zero-order valence-corrected chi connectivity index (χ0v) is 6.69. The fourth-order valence-corrected chi connectivity index (χ4v) is 0.573. The molecule has 0 aromatic carbocycles. The second-order valence-corrected chi connectivity index (χ2v) is 2.92. The van der Waals surface area contributed by atoms with E-state index in [1.165, 1.54) is 0 Å². The first kappa shape index (κ1) is 8.13. The van der Waals surface area contributed by atoms with Crippen LogP contribution in [0.5, 0.6) is 0 Å². The Bertz CT molecular complexity index is 93.1. The number of hydrogen-bond acceptors (Lipinski definition) is 2. The molecule has 0 saturated carbocycles. The summed E-state index contributed by atoms with van der Waals surface area (Å²) >= 11 is 2.36. The molecule has 0 unspecified atom stereocenters. The Hall–Kier alpha value is 0.132. The van der Waals surface area contributed by atoms with Gasteiger partial charge in [0.2, 0.25) is 0 Å². The molecule has 0 aliphatic carbocycles. The third-order valence-corrected chi connectivity index (χ3v) is 0.959. The van der Waals surface area contributed by atoms with E-state index in [9.17, 15) is 4.79 Å². The van der Waals surface area contributed by atoms with Crippen LogP contribution < -0.4 is 0 Å². The summed E-state index contributed by atoms with van der Waals surface area (Å²) in [6, 6.07) is 0. The van der Waals surface area contributed by atoms with Crippen LogP contribution in [0.4, 0.5) is 0 Å². The predicted octanol–water partition coefficient (Wildman–Crippen LogP) is 1.04. The molecule has 0 bridgehead atoms. The van der Waals surface area contributed by atoms with Crippen molar-refractivity contribution in [2.75, 3.05) is 0 Å². The van der Waals surface area contributed by atoms with Crippen molar-refractivity contribution in [2.24, 2.45) is 5.41 Å². The third-order valence-electron chi connectivity index (χ3n) is 0.671. The van der Waals surface area contributed by atoms with Crippen molar-refractivity contribution in [2.45, 2.75) is 20.8 Å². The SMILES string of the molecule is CC(C)(C)C(=O)[O][Pd]. The van der Waals surface area contributed by atoms with Gasteiger partial charge in [0.25, 0.3) is 0 Å². The van der Waals surface area contributed by atoms with Crippen molar-refractivity contribution in [3.8, 4) is 0 Å². The topological polar surface area (TPSA) is 26.3 Å². The molecular formula is C5H9O2Pd. The standard InChI is InChI=1S/C5H10O2.Pd/c1-5(2,3)4(6)7;/h1-3H3,(H,6,7);/q;+1/p-1. The molecule has 2 nitrogen and oxygen atoms in total. The maximum absolute atomic E-state index is 10.6. The Labute approximate surface area is 60.4 Å². The Kier molecular flexibility index (Phi) is 2.66. The van der Waals surface area contributed by atoms with Crippen LogP contribution in [-0.2, 0) is 27.8 Å². The van der Waals surface area contributed by atoms with E-state index in [2.05, 4.69) is 23.0 Å². The van der Waals surface area contributed by atoms with Crippen LogP contribution in [0.1, 0.15) is 20.8 Å². The molecule has 0 aliphatic heterocycles. The maximum atomic E-state index is 10.6. The zero-order chi connectivity index (χ0) is 6.78. The Morgan fingerprint density at radius 2 is 1.88 bits per heavy atom. The van der Waals surface area contributed by atoms with Crippen LogP contribution >= 0.6 is 0 Å². The minimum absolute atomic E-state index is 0.236. The number of hydrogen-bond donors (Lipinski definition) is 0. The second-order valence-electron chi connectivity index (χ2n) is 2.60. The summed E-state index contributed by atoms with van der Waals surface area (Å²) in [6.45, 7) is 5.38. The van der Waals surface area contributed by atoms with Crippen LogP contribution in [0.25, 0.3) is 0 Å². The van der Waals surface area contributed by atoms with Crippen molar-refractivity contribution >= 4 is 5.97 Å². The molecule has 0 spiro atoms. The van der Waals surface area contributed by atoms with Crippen LogP contribution in [0.15, 0.2) is 0 Å². The fraction of sp³-hybridized carbons (Fsp3) is 0.800. The van der Waals surface area contributed by atoms with Crippen LogP contribution in [0.2, 0.25) is 0 Å². The summed E-state index contributed by atoms with van der Waals surface area (Å²) in [7, 11) is 0. The molecule has 0 heterocycles. The summed E-state index contributed by atoms with van der Waals surface area (Å²) in [5.74, 6) is -0.236. The summed E-state index contributed by atoms with van der Waals surface area (Å²) in [5, 5.41) is 0. The summed E-state index contributed by atoms with van der Waals surface area (Å²) in [5.41, 5.74) is -0.390. The average molecular weight is 208 g/mol. The Morgan fingerprint density at radius 1 is 1.50 bits per heavy atom. The van der Waals surface area contributed by atoms with E-state index < -0.39 is 0 Å². The van der Waals surface area contributed by atoms with E-state index in [4.69, 9.17) is 0 Å².